The van der Waals surface area contributed by atoms with Crippen molar-refractivity contribution in [2.75, 3.05) is 83.5 Å². The number of carbonyl (C=O) groups excluding carboxylic acids is 1. The van der Waals surface area contributed by atoms with E-state index in [2.05, 4.69) is 31.6 Å². The van der Waals surface area contributed by atoms with E-state index in [0.717, 1.165) is 44.8 Å². The van der Waals surface area contributed by atoms with Crippen molar-refractivity contribution in [3.8, 4) is 17.6 Å². The Kier molecular flexibility index (Phi) is 8.09. The van der Waals surface area contributed by atoms with E-state index in [0.29, 0.717) is 90.7 Å². The van der Waals surface area contributed by atoms with E-state index in [4.69, 9.17) is 18.9 Å². The third-order valence-corrected chi connectivity index (χ3v) is 7.88. The van der Waals surface area contributed by atoms with Gasteiger partial charge in [0, 0.05) is 58.1 Å². The average molecular weight is 562 g/mol. The summed E-state index contributed by atoms with van der Waals surface area (Å²) in [5.74, 6) is 1.45. The highest BCUT2D eigenvalue weighted by Gasteiger charge is 2.31. The number of pyridine rings is 1. The number of morpholine rings is 1. The number of piperidine rings is 1. The van der Waals surface area contributed by atoms with Gasteiger partial charge in [0.25, 0.3) is 5.91 Å². The average Bonchev–Trinajstić information content (AvgIpc) is 3.45. The number of amides is 1. The molecule has 0 radical (unpaired) electrons. The van der Waals surface area contributed by atoms with Crippen LogP contribution in [0.2, 0.25) is 0 Å². The van der Waals surface area contributed by atoms with Gasteiger partial charge in [0.15, 0.2) is 11.5 Å². The number of rotatable bonds is 8. The summed E-state index contributed by atoms with van der Waals surface area (Å²) in [6.45, 7) is 6.73. The number of nitrogens with zero attached hydrogens (tertiary/aromatic N) is 4. The van der Waals surface area contributed by atoms with Crippen molar-refractivity contribution in [3.63, 3.8) is 0 Å². The van der Waals surface area contributed by atoms with Crippen LogP contribution in [0.25, 0.3) is 11.0 Å². The fourth-order valence-corrected chi connectivity index (χ4v) is 5.80. The summed E-state index contributed by atoms with van der Waals surface area (Å²) in [7, 11) is 1.64. The number of aromatic nitrogens is 2. The standard InChI is InChI=1S/C29H35N7O5/c1-38-11-6-31-23-16-24(34-28-25(23)19(17-30)18-32-28)33-22-3-2-21(26-27(22)41-15-14-40-26)29(37)36-7-4-20(5-8-36)35-9-12-39-13-10-35/h2-3,16,18,20H,4-15H2,1H3,(H3,31,32,33,34). The van der Waals surface area contributed by atoms with Crippen molar-refractivity contribution < 1.29 is 23.7 Å². The molecule has 3 aromatic rings. The summed E-state index contributed by atoms with van der Waals surface area (Å²) in [5.41, 5.74) is 2.98. The SMILES string of the molecule is COCCNc1cc(Nc2ccc(C(=O)N3CCC(N4CCOCC4)CC3)c3c2OCCO3)nc2[nH]cc(C#N)c12. The molecular formula is C29H35N7O5. The largest absolute Gasteiger partial charge is 0.485 e. The van der Waals surface area contributed by atoms with E-state index < -0.39 is 0 Å². The molecule has 0 atom stereocenters. The van der Waals surface area contributed by atoms with Gasteiger partial charge < -0.3 is 39.5 Å². The van der Waals surface area contributed by atoms with Crippen LogP contribution < -0.4 is 20.1 Å². The number of fused-ring (bicyclic) bond motifs is 2. The van der Waals surface area contributed by atoms with Crippen LogP contribution in [0.5, 0.6) is 11.5 Å². The molecule has 6 rings (SSSR count). The zero-order valence-corrected chi connectivity index (χ0v) is 23.2. The highest BCUT2D eigenvalue weighted by molar-refractivity contribution is 6.00. The number of likely N-dealkylation sites (tertiary alicyclic amines) is 1. The number of carbonyl (C=O) groups is 1. The number of benzene rings is 1. The minimum absolute atomic E-state index is 0.0432. The Morgan fingerprint density at radius 3 is 2.66 bits per heavy atom. The Balaban J connectivity index is 1.23. The zero-order valence-electron chi connectivity index (χ0n) is 23.2. The molecule has 1 aromatic carbocycles. The molecule has 2 fully saturated rings. The lowest BCUT2D eigenvalue weighted by Gasteiger charge is -2.40. The van der Waals surface area contributed by atoms with Crippen LogP contribution in [0, 0.1) is 11.3 Å². The van der Waals surface area contributed by atoms with Crippen LogP contribution >= 0.6 is 0 Å². The summed E-state index contributed by atoms with van der Waals surface area (Å²) in [6, 6.07) is 8.18. The van der Waals surface area contributed by atoms with Crippen LogP contribution in [0.4, 0.5) is 17.2 Å². The van der Waals surface area contributed by atoms with Crippen molar-refractivity contribution in [3.05, 3.63) is 35.5 Å². The fraction of sp³-hybridized carbons (Fsp3) is 0.483. The first-order valence-corrected chi connectivity index (χ1v) is 14.1. The van der Waals surface area contributed by atoms with E-state index in [1.165, 1.54) is 0 Å². The Hall–Kier alpha value is -4.05. The Bertz CT molecular complexity index is 1440. The van der Waals surface area contributed by atoms with Crippen LogP contribution in [0.1, 0.15) is 28.8 Å². The first-order chi connectivity index (χ1) is 20.2. The monoisotopic (exact) mass is 561 g/mol. The van der Waals surface area contributed by atoms with Gasteiger partial charge >= 0.3 is 0 Å². The summed E-state index contributed by atoms with van der Waals surface area (Å²) in [5, 5.41) is 16.9. The van der Waals surface area contributed by atoms with Crippen molar-refractivity contribution in [2.24, 2.45) is 0 Å². The van der Waals surface area contributed by atoms with Gasteiger partial charge in [-0.15, -0.1) is 0 Å². The van der Waals surface area contributed by atoms with Gasteiger partial charge in [-0.05, 0) is 25.0 Å². The minimum atomic E-state index is -0.0432. The van der Waals surface area contributed by atoms with E-state index in [1.54, 1.807) is 19.4 Å². The molecule has 0 bridgehead atoms. The third kappa shape index (κ3) is 5.61. The minimum Gasteiger partial charge on any atom is -0.485 e. The molecule has 1 amide bonds. The molecule has 12 nitrogen and oxygen atoms in total. The van der Waals surface area contributed by atoms with Gasteiger partial charge in [0.2, 0.25) is 0 Å². The molecule has 2 saturated heterocycles. The van der Waals surface area contributed by atoms with Crippen LogP contribution in [0.3, 0.4) is 0 Å². The van der Waals surface area contributed by atoms with Crippen LogP contribution in [0.15, 0.2) is 24.4 Å². The normalized spacial score (nSPS) is 17.8. The molecule has 12 heteroatoms. The van der Waals surface area contributed by atoms with Crippen molar-refractivity contribution in [1.29, 1.82) is 5.26 Å². The van der Waals surface area contributed by atoms with Crippen molar-refractivity contribution in [2.45, 2.75) is 18.9 Å². The Morgan fingerprint density at radius 1 is 1.12 bits per heavy atom. The number of hydrogen-bond acceptors (Lipinski definition) is 10. The second-order valence-electron chi connectivity index (χ2n) is 10.3. The predicted molar refractivity (Wildman–Crippen MR) is 153 cm³/mol. The first-order valence-electron chi connectivity index (χ1n) is 14.1. The second kappa shape index (κ2) is 12.2. The molecule has 0 saturated carbocycles. The van der Waals surface area contributed by atoms with Crippen molar-refractivity contribution in [1.82, 2.24) is 19.8 Å². The predicted octanol–water partition coefficient (Wildman–Crippen LogP) is 2.94. The van der Waals surface area contributed by atoms with Crippen molar-refractivity contribution >= 4 is 34.1 Å². The van der Waals surface area contributed by atoms with Gasteiger partial charge in [0.1, 0.15) is 30.7 Å². The smallest absolute Gasteiger partial charge is 0.257 e. The molecule has 0 aliphatic carbocycles. The molecule has 0 spiro atoms. The molecule has 3 aliphatic heterocycles. The first kappa shape index (κ1) is 27.1. The maximum atomic E-state index is 13.6. The van der Waals surface area contributed by atoms with E-state index in [-0.39, 0.29) is 5.91 Å². The van der Waals surface area contributed by atoms with E-state index in [9.17, 15) is 10.1 Å². The zero-order chi connectivity index (χ0) is 28.2. The van der Waals surface area contributed by atoms with Gasteiger partial charge in [-0.1, -0.05) is 0 Å². The molecule has 0 unspecified atom stereocenters. The fourth-order valence-electron chi connectivity index (χ4n) is 5.80. The summed E-state index contributed by atoms with van der Waals surface area (Å²) in [6.07, 6.45) is 3.55. The topological polar surface area (TPSA) is 137 Å². The van der Waals surface area contributed by atoms with Gasteiger partial charge in [-0.3, -0.25) is 9.69 Å². The summed E-state index contributed by atoms with van der Waals surface area (Å²) in [4.78, 5) is 25.8. The van der Waals surface area contributed by atoms with Gasteiger partial charge in [-0.2, -0.15) is 5.26 Å². The Labute approximate surface area is 238 Å². The van der Waals surface area contributed by atoms with Crippen LogP contribution in [-0.4, -0.2) is 105 Å². The quantitative estimate of drug-likeness (QED) is 0.352. The molecule has 3 aliphatic rings. The highest BCUT2D eigenvalue weighted by atomic mass is 16.6. The lowest BCUT2D eigenvalue weighted by atomic mass is 10.0. The lowest BCUT2D eigenvalue weighted by molar-refractivity contribution is 0.00152. The van der Waals surface area contributed by atoms with Gasteiger partial charge in [0.05, 0.1) is 47.7 Å². The number of aromatic amines is 1. The Morgan fingerprint density at radius 2 is 1.90 bits per heavy atom. The number of ether oxygens (including phenoxy) is 4. The molecule has 5 heterocycles. The highest BCUT2D eigenvalue weighted by Crippen LogP contribution is 2.43. The van der Waals surface area contributed by atoms with Gasteiger partial charge in [-0.25, -0.2) is 4.98 Å². The number of methoxy groups -OCH3 is 1. The maximum Gasteiger partial charge on any atom is 0.257 e. The molecule has 2 aromatic heterocycles. The second-order valence-corrected chi connectivity index (χ2v) is 10.3. The van der Waals surface area contributed by atoms with E-state index >= 15 is 0 Å². The lowest BCUT2D eigenvalue weighted by Crippen LogP contribution is -2.50. The summed E-state index contributed by atoms with van der Waals surface area (Å²) < 4.78 is 22.7. The van der Waals surface area contributed by atoms with E-state index in [1.807, 2.05) is 17.0 Å². The third-order valence-electron chi connectivity index (χ3n) is 7.88. The number of H-pyrrole nitrogens is 1. The summed E-state index contributed by atoms with van der Waals surface area (Å²) >= 11 is 0. The molecule has 3 N–H and O–H groups in total. The number of hydrogen-bond donors (Lipinski definition) is 3. The molecule has 216 valence electrons. The number of anilines is 3. The maximum absolute atomic E-state index is 13.6. The number of nitrogens with one attached hydrogen (secondary N) is 3. The molecule has 41 heavy (non-hydrogen) atoms. The van der Waals surface area contributed by atoms with Crippen LogP contribution in [-0.2, 0) is 9.47 Å². The molecular weight excluding hydrogens is 526 g/mol. The number of nitriles is 1.